The summed E-state index contributed by atoms with van der Waals surface area (Å²) in [5.41, 5.74) is 1.41. The number of fused-ring (bicyclic) bond motifs is 1. The third kappa shape index (κ3) is 5.47. The molecule has 0 spiro atoms. The molecule has 1 aromatic heterocycles. The summed E-state index contributed by atoms with van der Waals surface area (Å²) in [4.78, 5) is 22.8. The maximum Gasteiger partial charge on any atom is 0.224 e. The van der Waals surface area contributed by atoms with E-state index in [9.17, 15) is 4.79 Å². The largest absolute Gasteiger partial charge is 0.356 e. The first-order valence-electron chi connectivity index (χ1n) is 10.5. The Morgan fingerprint density at radius 2 is 2.00 bits per heavy atom. The van der Waals surface area contributed by atoms with Crippen LogP contribution in [0.15, 0.2) is 16.4 Å². The zero-order chi connectivity index (χ0) is 20.0. The van der Waals surface area contributed by atoms with E-state index < -0.39 is 0 Å². The highest BCUT2D eigenvalue weighted by Gasteiger charge is 2.28. The number of guanidine groups is 1. The third-order valence-corrected chi connectivity index (χ3v) is 6.94. The summed E-state index contributed by atoms with van der Waals surface area (Å²) in [6, 6.07) is 2.15. The van der Waals surface area contributed by atoms with E-state index in [1.165, 1.54) is 42.8 Å². The van der Waals surface area contributed by atoms with Crippen molar-refractivity contribution in [1.82, 2.24) is 20.4 Å². The average Bonchev–Trinajstić information content (AvgIpc) is 3.19. The molecule has 0 saturated carbocycles. The van der Waals surface area contributed by atoms with Crippen molar-refractivity contribution >= 4 is 23.2 Å². The summed E-state index contributed by atoms with van der Waals surface area (Å²) in [5, 5.41) is 8.87. The molecule has 1 aromatic rings. The van der Waals surface area contributed by atoms with Gasteiger partial charge in [-0.1, -0.05) is 6.42 Å². The Morgan fingerprint density at radius 1 is 1.21 bits per heavy atom. The Hall–Kier alpha value is -1.60. The molecule has 156 valence electrons. The predicted molar refractivity (Wildman–Crippen MR) is 117 cm³/mol. The fourth-order valence-electron chi connectivity index (χ4n) is 4.04. The van der Waals surface area contributed by atoms with Gasteiger partial charge in [0.1, 0.15) is 0 Å². The van der Waals surface area contributed by atoms with E-state index in [2.05, 4.69) is 45.8 Å². The molecule has 2 aliphatic heterocycles. The lowest BCUT2D eigenvalue weighted by molar-refractivity contribution is -0.131. The number of rotatable bonds is 6. The van der Waals surface area contributed by atoms with Crippen molar-refractivity contribution in [3.05, 3.63) is 21.9 Å². The van der Waals surface area contributed by atoms with Gasteiger partial charge in [-0.05, 0) is 63.2 Å². The number of carbonyl (C=O) groups is 1. The zero-order valence-corrected chi connectivity index (χ0v) is 18.4. The van der Waals surface area contributed by atoms with Crippen LogP contribution in [0.2, 0.25) is 0 Å². The molecule has 0 aliphatic carbocycles. The number of aliphatic imine (C=N–C) groups is 1. The molecule has 1 amide bonds. The van der Waals surface area contributed by atoms with Crippen molar-refractivity contribution < 1.29 is 4.79 Å². The number of piperidine rings is 1. The van der Waals surface area contributed by atoms with Gasteiger partial charge in [-0.25, -0.2) is 0 Å². The van der Waals surface area contributed by atoms with Crippen LogP contribution in [0.4, 0.5) is 0 Å². The summed E-state index contributed by atoms with van der Waals surface area (Å²) < 4.78 is 0. The second kappa shape index (κ2) is 9.74. The molecule has 0 atom stereocenters. The van der Waals surface area contributed by atoms with Crippen LogP contribution in [0.5, 0.6) is 0 Å². The van der Waals surface area contributed by atoms with Crippen molar-refractivity contribution in [3.8, 4) is 0 Å². The average molecular weight is 406 g/mol. The van der Waals surface area contributed by atoms with Crippen molar-refractivity contribution in [2.75, 3.05) is 39.8 Å². The third-order valence-electron chi connectivity index (χ3n) is 5.92. The molecule has 0 radical (unpaired) electrons. The lowest BCUT2D eigenvalue weighted by Gasteiger charge is -2.41. The number of amides is 1. The highest BCUT2D eigenvalue weighted by Crippen LogP contribution is 2.24. The second-order valence-corrected chi connectivity index (χ2v) is 9.40. The summed E-state index contributed by atoms with van der Waals surface area (Å²) >= 11 is 1.80. The minimum absolute atomic E-state index is 0.0971. The summed E-state index contributed by atoms with van der Waals surface area (Å²) in [6.45, 7) is 9.98. The second-order valence-electron chi connectivity index (χ2n) is 8.40. The highest BCUT2D eigenvalue weighted by atomic mass is 32.1. The normalized spacial score (nSPS) is 18.7. The number of thiophene rings is 1. The topological polar surface area (TPSA) is 60.0 Å². The Labute approximate surface area is 173 Å². The van der Waals surface area contributed by atoms with E-state index in [0.29, 0.717) is 13.0 Å². The first kappa shape index (κ1) is 21.1. The SMILES string of the molecule is CN=C(NCCC(=O)N1CCc2sccc2C1)NCC(C)(C)N1CCCCC1. The summed E-state index contributed by atoms with van der Waals surface area (Å²) in [5.74, 6) is 0.991. The van der Waals surface area contributed by atoms with Crippen LogP contribution in [0, 0.1) is 0 Å². The molecule has 0 aromatic carbocycles. The lowest BCUT2D eigenvalue weighted by Crippen LogP contribution is -2.55. The van der Waals surface area contributed by atoms with E-state index in [4.69, 9.17) is 0 Å². The quantitative estimate of drug-likeness (QED) is 0.564. The van der Waals surface area contributed by atoms with E-state index in [0.717, 1.165) is 32.0 Å². The summed E-state index contributed by atoms with van der Waals surface area (Å²) in [7, 11) is 1.79. The molecular formula is C21H35N5OS. The number of nitrogens with one attached hydrogen (secondary N) is 2. The molecule has 0 bridgehead atoms. The highest BCUT2D eigenvalue weighted by molar-refractivity contribution is 7.10. The molecule has 28 heavy (non-hydrogen) atoms. The van der Waals surface area contributed by atoms with Crippen LogP contribution in [-0.2, 0) is 17.8 Å². The van der Waals surface area contributed by atoms with Crippen LogP contribution in [0.3, 0.4) is 0 Å². The van der Waals surface area contributed by atoms with Crippen molar-refractivity contribution in [2.45, 2.75) is 58.0 Å². The van der Waals surface area contributed by atoms with Gasteiger partial charge >= 0.3 is 0 Å². The molecule has 3 rings (SSSR count). The van der Waals surface area contributed by atoms with Gasteiger partial charge in [0, 0.05) is 50.1 Å². The van der Waals surface area contributed by atoms with Crippen molar-refractivity contribution in [1.29, 1.82) is 0 Å². The van der Waals surface area contributed by atoms with E-state index in [1.54, 1.807) is 18.4 Å². The minimum atomic E-state index is 0.0971. The molecule has 7 heteroatoms. The molecule has 2 N–H and O–H groups in total. The van der Waals surface area contributed by atoms with Crippen LogP contribution in [0.1, 0.15) is 50.0 Å². The van der Waals surface area contributed by atoms with Gasteiger partial charge in [-0.3, -0.25) is 14.7 Å². The van der Waals surface area contributed by atoms with Gasteiger partial charge in [-0.15, -0.1) is 11.3 Å². The van der Waals surface area contributed by atoms with E-state index >= 15 is 0 Å². The Kier molecular flexibility index (Phi) is 7.35. The standard InChI is InChI=1S/C21H35N5OS/c1-21(2,26-11-5-4-6-12-26)16-24-20(22-3)23-10-7-19(27)25-13-8-18-17(15-25)9-14-28-18/h9,14H,4-8,10-13,15-16H2,1-3H3,(H2,22,23,24). The Balaban J connectivity index is 1.39. The molecule has 3 heterocycles. The molecule has 0 unspecified atom stereocenters. The van der Waals surface area contributed by atoms with Crippen LogP contribution >= 0.6 is 11.3 Å². The fraction of sp³-hybridized carbons (Fsp3) is 0.714. The smallest absolute Gasteiger partial charge is 0.224 e. The van der Waals surface area contributed by atoms with Gasteiger partial charge < -0.3 is 15.5 Å². The minimum Gasteiger partial charge on any atom is -0.356 e. The number of hydrogen-bond acceptors (Lipinski definition) is 4. The summed E-state index contributed by atoms with van der Waals surface area (Å²) in [6.07, 6.45) is 5.42. The number of nitrogens with zero attached hydrogens (tertiary/aromatic N) is 3. The van der Waals surface area contributed by atoms with Gasteiger partial charge in [0.15, 0.2) is 5.96 Å². The molecular weight excluding hydrogens is 370 g/mol. The molecule has 6 nitrogen and oxygen atoms in total. The maximum atomic E-state index is 12.5. The van der Waals surface area contributed by atoms with Gasteiger partial charge in [0.05, 0.1) is 0 Å². The Bertz CT molecular complexity index is 678. The van der Waals surface area contributed by atoms with E-state index in [1.807, 2.05) is 4.90 Å². The lowest BCUT2D eigenvalue weighted by atomic mass is 9.98. The van der Waals surface area contributed by atoms with Gasteiger partial charge in [0.25, 0.3) is 0 Å². The van der Waals surface area contributed by atoms with Crippen LogP contribution in [-0.4, -0.2) is 67.0 Å². The number of hydrogen-bond donors (Lipinski definition) is 2. The Morgan fingerprint density at radius 3 is 2.75 bits per heavy atom. The van der Waals surface area contributed by atoms with E-state index in [-0.39, 0.29) is 11.4 Å². The fourth-order valence-corrected chi connectivity index (χ4v) is 4.93. The van der Waals surface area contributed by atoms with Crippen LogP contribution in [0.25, 0.3) is 0 Å². The molecule has 2 aliphatic rings. The molecule has 1 fully saturated rings. The first-order chi connectivity index (χ1) is 13.5. The zero-order valence-electron chi connectivity index (χ0n) is 17.6. The van der Waals surface area contributed by atoms with Crippen LogP contribution < -0.4 is 10.6 Å². The first-order valence-corrected chi connectivity index (χ1v) is 11.4. The van der Waals surface area contributed by atoms with Crippen molar-refractivity contribution in [3.63, 3.8) is 0 Å². The molecule has 1 saturated heterocycles. The van der Waals surface area contributed by atoms with Crippen molar-refractivity contribution in [2.24, 2.45) is 4.99 Å². The number of carbonyl (C=O) groups excluding carboxylic acids is 1. The predicted octanol–water partition coefficient (Wildman–Crippen LogP) is 2.45. The monoisotopic (exact) mass is 405 g/mol. The number of likely N-dealkylation sites (tertiary alicyclic amines) is 1. The maximum absolute atomic E-state index is 12.5. The van der Waals surface area contributed by atoms with Gasteiger partial charge in [-0.2, -0.15) is 0 Å². The van der Waals surface area contributed by atoms with Gasteiger partial charge in [0.2, 0.25) is 5.91 Å².